The molecule has 1 rings (SSSR count). The van der Waals surface area contributed by atoms with E-state index in [0.29, 0.717) is 5.56 Å². The molecule has 0 spiro atoms. The summed E-state index contributed by atoms with van der Waals surface area (Å²) in [7, 11) is 0. The van der Waals surface area contributed by atoms with Gasteiger partial charge >= 0.3 is 5.97 Å². The second kappa shape index (κ2) is 4.23. The summed E-state index contributed by atoms with van der Waals surface area (Å²) in [6.07, 6.45) is 0.287. The largest absolute Gasteiger partial charge is 0.508 e. The van der Waals surface area contributed by atoms with Crippen LogP contribution in [-0.4, -0.2) is 16.2 Å². The van der Waals surface area contributed by atoms with E-state index in [1.807, 2.05) is 0 Å². The summed E-state index contributed by atoms with van der Waals surface area (Å²) in [4.78, 5) is 11.0. The van der Waals surface area contributed by atoms with Gasteiger partial charge in [0.2, 0.25) is 0 Å². The highest BCUT2D eigenvalue weighted by atomic mass is 79.9. The molecule has 4 heteroatoms. The van der Waals surface area contributed by atoms with Crippen LogP contribution in [0, 0.1) is 5.41 Å². The van der Waals surface area contributed by atoms with Gasteiger partial charge in [0.25, 0.3) is 0 Å². The van der Waals surface area contributed by atoms with Crippen molar-refractivity contribution in [3.05, 3.63) is 28.2 Å². The van der Waals surface area contributed by atoms with Crippen LogP contribution in [-0.2, 0) is 11.2 Å². The lowest BCUT2D eigenvalue weighted by Gasteiger charge is -2.20. The molecule has 0 aromatic heterocycles. The molecule has 3 nitrogen and oxygen atoms in total. The zero-order valence-corrected chi connectivity index (χ0v) is 10.2. The fourth-order valence-corrected chi connectivity index (χ4v) is 1.74. The van der Waals surface area contributed by atoms with Crippen LogP contribution in [0.5, 0.6) is 5.75 Å². The summed E-state index contributed by atoms with van der Waals surface area (Å²) in [5.74, 6) is -0.753. The van der Waals surface area contributed by atoms with E-state index in [1.54, 1.807) is 32.0 Å². The van der Waals surface area contributed by atoms with E-state index < -0.39 is 11.4 Å². The van der Waals surface area contributed by atoms with Gasteiger partial charge in [0.15, 0.2) is 0 Å². The van der Waals surface area contributed by atoms with Crippen molar-refractivity contribution < 1.29 is 15.0 Å². The standard InChI is InChI=1S/C11H13BrO3/c1-11(2,10(14)15)6-7-8(12)4-3-5-9(7)13/h3-5,13H,6H2,1-2H3,(H,14,15). The van der Waals surface area contributed by atoms with Crippen LogP contribution in [0.1, 0.15) is 19.4 Å². The Bertz CT molecular complexity index is 365. The number of carbonyl (C=O) groups is 1. The average molecular weight is 273 g/mol. The molecule has 82 valence electrons. The Labute approximate surface area is 96.9 Å². The molecule has 1 aromatic carbocycles. The predicted molar refractivity (Wildman–Crippen MR) is 60.9 cm³/mol. The Hall–Kier alpha value is -1.03. The van der Waals surface area contributed by atoms with Crippen molar-refractivity contribution >= 4 is 21.9 Å². The Morgan fingerprint density at radius 3 is 2.53 bits per heavy atom. The molecule has 0 aliphatic carbocycles. The zero-order valence-electron chi connectivity index (χ0n) is 8.62. The predicted octanol–water partition coefficient (Wildman–Crippen LogP) is 2.81. The zero-order chi connectivity index (χ0) is 11.6. The molecule has 0 fully saturated rings. The number of phenolic OH excluding ortho intramolecular Hbond substituents is 1. The summed E-state index contributed by atoms with van der Waals surface area (Å²) in [6.45, 7) is 3.27. The molecule has 0 saturated carbocycles. The van der Waals surface area contributed by atoms with Crippen LogP contribution in [0.15, 0.2) is 22.7 Å². The van der Waals surface area contributed by atoms with E-state index in [-0.39, 0.29) is 12.2 Å². The van der Waals surface area contributed by atoms with Crippen LogP contribution >= 0.6 is 15.9 Å². The molecule has 0 unspecified atom stereocenters. The van der Waals surface area contributed by atoms with Gasteiger partial charge in [0.05, 0.1) is 5.41 Å². The minimum Gasteiger partial charge on any atom is -0.508 e. The average Bonchev–Trinajstić information content (AvgIpc) is 2.11. The van der Waals surface area contributed by atoms with E-state index in [2.05, 4.69) is 15.9 Å². The maximum absolute atomic E-state index is 11.0. The molecule has 1 aromatic rings. The van der Waals surface area contributed by atoms with Gasteiger partial charge in [0, 0.05) is 10.0 Å². The highest BCUT2D eigenvalue weighted by Crippen LogP contribution is 2.32. The Balaban J connectivity index is 3.04. The number of aliphatic carboxylic acids is 1. The number of phenols is 1. The minimum absolute atomic E-state index is 0.124. The number of hydrogen-bond donors (Lipinski definition) is 2. The number of benzene rings is 1. The molecule has 0 saturated heterocycles. The van der Waals surface area contributed by atoms with Gasteiger partial charge < -0.3 is 10.2 Å². The van der Waals surface area contributed by atoms with E-state index in [4.69, 9.17) is 5.11 Å². The van der Waals surface area contributed by atoms with Crippen molar-refractivity contribution in [2.45, 2.75) is 20.3 Å². The maximum Gasteiger partial charge on any atom is 0.309 e. The molecule has 0 aliphatic rings. The number of aromatic hydroxyl groups is 1. The van der Waals surface area contributed by atoms with Gasteiger partial charge in [-0.05, 0) is 32.4 Å². The molecule has 0 amide bonds. The lowest BCUT2D eigenvalue weighted by Crippen LogP contribution is -2.26. The first-order valence-electron chi connectivity index (χ1n) is 4.54. The van der Waals surface area contributed by atoms with Crippen molar-refractivity contribution in [2.24, 2.45) is 5.41 Å². The second-order valence-corrected chi connectivity index (χ2v) is 4.96. The van der Waals surface area contributed by atoms with Crippen molar-refractivity contribution in [1.29, 1.82) is 0 Å². The summed E-state index contributed by atoms with van der Waals surface area (Å²) in [5, 5.41) is 18.6. The summed E-state index contributed by atoms with van der Waals surface area (Å²) in [5.41, 5.74) is -0.258. The number of carboxylic acids is 1. The fraction of sp³-hybridized carbons (Fsp3) is 0.364. The van der Waals surface area contributed by atoms with E-state index in [1.165, 1.54) is 0 Å². The first kappa shape index (κ1) is 12.0. The van der Waals surface area contributed by atoms with Crippen LogP contribution in [0.4, 0.5) is 0 Å². The quantitative estimate of drug-likeness (QED) is 0.890. The minimum atomic E-state index is -0.888. The highest BCUT2D eigenvalue weighted by Gasteiger charge is 2.29. The summed E-state index contributed by atoms with van der Waals surface area (Å²) in [6, 6.07) is 5.04. The molecule has 0 radical (unpaired) electrons. The second-order valence-electron chi connectivity index (χ2n) is 4.10. The van der Waals surface area contributed by atoms with E-state index in [0.717, 1.165) is 4.47 Å². The third-order valence-electron chi connectivity index (χ3n) is 2.29. The Kier molecular flexibility index (Phi) is 3.39. The molecule has 2 N–H and O–H groups in total. The van der Waals surface area contributed by atoms with Crippen molar-refractivity contribution in [3.8, 4) is 5.75 Å². The topological polar surface area (TPSA) is 57.5 Å². The normalized spacial score (nSPS) is 11.4. The van der Waals surface area contributed by atoms with E-state index >= 15 is 0 Å². The Morgan fingerprint density at radius 1 is 1.47 bits per heavy atom. The molecular formula is C11H13BrO3. The third-order valence-corrected chi connectivity index (χ3v) is 3.03. The summed E-state index contributed by atoms with van der Waals surface area (Å²) < 4.78 is 0.733. The number of hydrogen-bond acceptors (Lipinski definition) is 2. The number of rotatable bonds is 3. The molecular weight excluding hydrogens is 260 g/mol. The van der Waals surface area contributed by atoms with Gasteiger partial charge in [-0.25, -0.2) is 0 Å². The molecule has 0 heterocycles. The van der Waals surface area contributed by atoms with Gasteiger partial charge in [-0.15, -0.1) is 0 Å². The van der Waals surface area contributed by atoms with Crippen LogP contribution in [0.25, 0.3) is 0 Å². The first-order chi connectivity index (χ1) is 6.84. The number of carboxylic acid groups (broad SMARTS) is 1. The van der Waals surface area contributed by atoms with Gasteiger partial charge in [-0.1, -0.05) is 22.0 Å². The molecule has 0 atom stereocenters. The molecule has 0 bridgehead atoms. The maximum atomic E-state index is 11.0. The van der Waals surface area contributed by atoms with Crippen LogP contribution in [0.3, 0.4) is 0 Å². The fourth-order valence-electron chi connectivity index (χ4n) is 1.24. The third kappa shape index (κ3) is 2.72. The van der Waals surface area contributed by atoms with Crippen LogP contribution in [0.2, 0.25) is 0 Å². The van der Waals surface area contributed by atoms with E-state index in [9.17, 15) is 9.90 Å². The van der Waals surface area contributed by atoms with Gasteiger partial charge in [0.1, 0.15) is 5.75 Å². The summed E-state index contributed by atoms with van der Waals surface area (Å²) >= 11 is 3.30. The lowest BCUT2D eigenvalue weighted by atomic mass is 9.85. The van der Waals surface area contributed by atoms with Crippen molar-refractivity contribution in [1.82, 2.24) is 0 Å². The smallest absolute Gasteiger partial charge is 0.309 e. The lowest BCUT2D eigenvalue weighted by molar-refractivity contribution is -0.146. The van der Waals surface area contributed by atoms with Crippen molar-refractivity contribution in [3.63, 3.8) is 0 Å². The van der Waals surface area contributed by atoms with Crippen LogP contribution < -0.4 is 0 Å². The van der Waals surface area contributed by atoms with Crippen molar-refractivity contribution in [2.75, 3.05) is 0 Å². The number of halogens is 1. The Morgan fingerprint density at radius 2 is 2.07 bits per heavy atom. The highest BCUT2D eigenvalue weighted by molar-refractivity contribution is 9.10. The van der Waals surface area contributed by atoms with Gasteiger partial charge in [-0.3, -0.25) is 4.79 Å². The molecule has 0 aliphatic heterocycles. The molecule has 15 heavy (non-hydrogen) atoms. The first-order valence-corrected chi connectivity index (χ1v) is 5.33. The SMILES string of the molecule is CC(C)(Cc1c(O)cccc1Br)C(=O)O. The van der Waals surface area contributed by atoms with Gasteiger partial charge in [-0.2, -0.15) is 0 Å². The monoisotopic (exact) mass is 272 g/mol.